The van der Waals surface area contributed by atoms with Crippen molar-refractivity contribution in [3.8, 4) is 28.7 Å². The van der Waals surface area contributed by atoms with Crippen molar-refractivity contribution in [3.63, 3.8) is 0 Å². The molecule has 0 radical (unpaired) electrons. The minimum absolute atomic E-state index is 0.0750. The van der Waals surface area contributed by atoms with Gasteiger partial charge in [-0.05, 0) is 37.6 Å². The number of aromatic amines is 1. The van der Waals surface area contributed by atoms with Gasteiger partial charge in [0.25, 0.3) is 5.56 Å². The van der Waals surface area contributed by atoms with Crippen molar-refractivity contribution in [2.75, 3.05) is 26.9 Å². The second-order valence-corrected chi connectivity index (χ2v) is 5.09. The lowest BCUT2D eigenvalue weighted by molar-refractivity contribution is 0.109. The Morgan fingerprint density at radius 1 is 1.21 bits per heavy atom. The summed E-state index contributed by atoms with van der Waals surface area (Å²) in [5.74, 6) is 1.12. The fourth-order valence-electron chi connectivity index (χ4n) is 2.34. The number of benzene rings is 1. The van der Waals surface area contributed by atoms with Gasteiger partial charge in [-0.25, -0.2) is 0 Å². The Labute approximate surface area is 140 Å². The summed E-state index contributed by atoms with van der Waals surface area (Å²) in [6.07, 6.45) is 0. The Morgan fingerprint density at radius 2 is 2.00 bits per heavy atom. The van der Waals surface area contributed by atoms with Crippen molar-refractivity contribution >= 4 is 0 Å². The third kappa shape index (κ3) is 3.94. The summed E-state index contributed by atoms with van der Waals surface area (Å²) in [7, 11) is 1.56. The van der Waals surface area contributed by atoms with E-state index in [0.717, 1.165) is 0 Å². The monoisotopic (exact) mass is 328 g/mol. The fraction of sp³-hybridized carbons (Fsp3) is 0.333. The molecule has 0 unspecified atom stereocenters. The third-order valence-electron chi connectivity index (χ3n) is 3.44. The molecule has 0 amide bonds. The zero-order chi connectivity index (χ0) is 17.5. The predicted molar refractivity (Wildman–Crippen MR) is 90.5 cm³/mol. The number of hydrogen-bond acceptors (Lipinski definition) is 5. The van der Waals surface area contributed by atoms with Crippen molar-refractivity contribution < 1.29 is 14.2 Å². The molecule has 0 spiro atoms. The number of pyridine rings is 1. The highest BCUT2D eigenvalue weighted by Crippen LogP contribution is 2.33. The number of rotatable bonds is 7. The Morgan fingerprint density at radius 3 is 2.67 bits per heavy atom. The van der Waals surface area contributed by atoms with Crippen LogP contribution in [0, 0.1) is 18.3 Å². The molecule has 0 bridgehead atoms. The number of aryl methyl sites for hydroxylation is 1. The molecule has 0 aliphatic rings. The van der Waals surface area contributed by atoms with Gasteiger partial charge in [0.05, 0.1) is 13.7 Å². The zero-order valence-corrected chi connectivity index (χ0v) is 14.0. The lowest BCUT2D eigenvalue weighted by Crippen LogP contribution is -2.12. The normalized spacial score (nSPS) is 10.2. The maximum absolute atomic E-state index is 12.0. The quantitative estimate of drug-likeness (QED) is 0.790. The van der Waals surface area contributed by atoms with E-state index in [2.05, 4.69) is 4.98 Å². The van der Waals surface area contributed by atoms with Gasteiger partial charge in [0, 0.05) is 17.9 Å². The number of aromatic nitrogens is 1. The van der Waals surface area contributed by atoms with Crippen LogP contribution >= 0.6 is 0 Å². The van der Waals surface area contributed by atoms with Crippen LogP contribution in [0.3, 0.4) is 0 Å². The summed E-state index contributed by atoms with van der Waals surface area (Å²) in [6.45, 7) is 5.16. The Hall–Kier alpha value is -2.78. The number of nitrogens with one attached hydrogen (secondary N) is 1. The first-order chi connectivity index (χ1) is 11.6. The first-order valence-corrected chi connectivity index (χ1v) is 7.63. The van der Waals surface area contributed by atoms with E-state index < -0.39 is 5.56 Å². The van der Waals surface area contributed by atoms with E-state index in [1.54, 1.807) is 38.3 Å². The number of hydrogen-bond donors (Lipinski definition) is 1. The van der Waals surface area contributed by atoms with Crippen LogP contribution in [0.15, 0.2) is 29.1 Å². The topological polar surface area (TPSA) is 84.3 Å². The number of H-pyrrole nitrogens is 1. The Kier molecular flexibility index (Phi) is 5.99. The van der Waals surface area contributed by atoms with Crippen molar-refractivity contribution in [1.29, 1.82) is 5.26 Å². The van der Waals surface area contributed by atoms with Crippen LogP contribution in [0.5, 0.6) is 11.5 Å². The van der Waals surface area contributed by atoms with Gasteiger partial charge in [0.1, 0.15) is 18.2 Å². The van der Waals surface area contributed by atoms with Crippen LogP contribution in [0.2, 0.25) is 0 Å². The smallest absolute Gasteiger partial charge is 0.266 e. The Balaban J connectivity index is 2.42. The maximum atomic E-state index is 12.0. The Bertz CT molecular complexity index is 806. The highest BCUT2D eigenvalue weighted by molar-refractivity contribution is 5.72. The minimum atomic E-state index is -0.401. The largest absolute Gasteiger partial charge is 0.493 e. The fourth-order valence-corrected chi connectivity index (χ4v) is 2.34. The van der Waals surface area contributed by atoms with E-state index in [0.29, 0.717) is 48.1 Å². The molecule has 126 valence electrons. The summed E-state index contributed by atoms with van der Waals surface area (Å²) < 4.78 is 16.3. The molecule has 0 aliphatic heterocycles. The van der Waals surface area contributed by atoms with Crippen molar-refractivity contribution in [1.82, 2.24) is 4.98 Å². The molecule has 1 heterocycles. The average Bonchev–Trinajstić information content (AvgIpc) is 2.58. The van der Waals surface area contributed by atoms with E-state index in [4.69, 9.17) is 14.2 Å². The standard InChI is InChI=1S/C18H20N2O4/c1-4-23-7-8-24-17-10-13(5-6-16(17)22-3)14-9-12(2)20-18(21)15(14)11-19/h5-6,9-10H,4,7-8H2,1-3H3,(H,20,21). The van der Waals surface area contributed by atoms with Gasteiger partial charge in [0.15, 0.2) is 11.5 Å². The second-order valence-electron chi connectivity index (χ2n) is 5.09. The van der Waals surface area contributed by atoms with Crippen LogP contribution in [0.4, 0.5) is 0 Å². The average molecular weight is 328 g/mol. The van der Waals surface area contributed by atoms with Crippen LogP contribution in [-0.2, 0) is 4.74 Å². The molecule has 2 aromatic rings. The number of nitrogens with zero attached hydrogens (tertiary/aromatic N) is 1. The molecule has 2 rings (SSSR count). The molecule has 24 heavy (non-hydrogen) atoms. The molecule has 1 aromatic heterocycles. The predicted octanol–water partition coefficient (Wildman–Crippen LogP) is 2.65. The first-order valence-electron chi connectivity index (χ1n) is 7.63. The third-order valence-corrected chi connectivity index (χ3v) is 3.44. The molecule has 0 fully saturated rings. The molecule has 6 heteroatoms. The molecular formula is C18H20N2O4. The minimum Gasteiger partial charge on any atom is -0.493 e. The molecule has 1 aromatic carbocycles. The molecule has 0 aliphatic carbocycles. The number of nitriles is 1. The van der Waals surface area contributed by atoms with E-state index in [1.165, 1.54) is 0 Å². The van der Waals surface area contributed by atoms with E-state index >= 15 is 0 Å². The molecule has 0 saturated heterocycles. The van der Waals surface area contributed by atoms with Crippen LogP contribution in [0.1, 0.15) is 18.2 Å². The van der Waals surface area contributed by atoms with Gasteiger partial charge < -0.3 is 19.2 Å². The molecule has 1 N–H and O–H groups in total. The number of ether oxygens (including phenoxy) is 3. The first kappa shape index (κ1) is 17.6. The summed E-state index contributed by atoms with van der Waals surface area (Å²) in [6, 6.07) is 9.04. The van der Waals surface area contributed by atoms with Gasteiger partial charge in [-0.3, -0.25) is 4.79 Å². The lowest BCUT2D eigenvalue weighted by atomic mass is 10.0. The van der Waals surface area contributed by atoms with E-state index in [-0.39, 0.29) is 5.56 Å². The summed E-state index contributed by atoms with van der Waals surface area (Å²) in [4.78, 5) is 14.6. The van der Waals surface area contributed by atoms with E-state index in [9.17, 15) is 10.1 Å². The number of methoxy groups -OCH3 is 1. The van der Waals surface area contributed by atoms with Crippen molar-refractivity contribution in [2.24, 2.45) is 0 Å². The van der Waals surface area contributed by atoms with Gasteiger partial charge in [-0.2, -0.15) is 5.26 Å². The molecule has 0 atom stereocenters. The molecular weight excluding hydrogens is 308 g/mol. The summed E-state index contributed by atoms with van der Waals surface area (Å²) in [5, 5.41) is 9.28. The maximum Gasteiger partial charge on any atom is 0.266 e. The zero-order valence-electron chi connectivity index (χ0n) is 14.0. The highest BCUT2D eigenvalue weighted by Gasteiger charge is 2.13. The SMILES string of the molecule is CCOCCOc1cc(-c2cc(C)[nH]c(=O)c2C#N)ccc1OC. The van der Waals surface area contributed by atoms with Gasteiger partial charge >= 0.3 is 0 Å². The van der Waals surface area contributed by atoms with Crippen molar-refractivity contribution in [2.45, 2.75) is 13.8 Å². The second kappa shape index (κ2) is 8.18. The van der Waals surface area contributed by atoms with Crippen LogP contribution in [0.25, 0.3) is 11.1 Å². The summed E-state index contributed by atoms with van der Waals surface area (Å²) in [5.41, 5.74) is 1.64. The molecule has 6 nitrogen and oxygen atoms in total. The van der Waals surface area contributed by atoms with Crippen molar-refractivity contribution in [3.05, 3.63) is 45.9 Å². The van der Waals surface area contributed by atoms with E-state index in [1.807, 2.05) is 13.0 Å². The summed E-state index contributed by atoms with van der Waals surface area (Å²) >= 11 is 0. The lowest BCUT2D eigenvalue weighted by Gasteiger charge is -2.13. The van der Waals surface area contributed by atoms with Crippen LogP contribution in [-0.4, -0.2) is 31.9 Å². The van der Waals surface area contributed by atoms with Gasteiger partial charge in [-0.1, -0.05) is 6.07 Å². The highest BCUT2D eigenvalue weighted by atomic mass is 16.5. The van der Waals surface area contributed by atoms with Gasteiger partial charge in [-0.15, -0.1) is 0 Å². The van der Waals surface area contributed by atoms with Crippen LogP contribution < -0.4 is 15.0 Å². The van der Waals surface area contributed by atoms with Gasteiger partial charge in [0.2, 0.25) is 0 Å². The molecule has 0 saturated carbocycles.